The van der Waals surface area contributed by atoms with Crippen molar-refractivity contribution in [3.8, 4) is 0 Å². The second-order valence-corrected chi connectivity index (χ2v) is 4.95. The van der Waals surface area contributed by atoms with Crippen LogP contribution >= 0.6 is 0 Å². The van der Waals surface area contributed by atoms with E-state index in [9.17, 15) is 15.2 Å². The molecule has 0 saturated carbocycles. The number of nitrogens with zero attached hydrogens (tertiary/aromatic N) is 2. The summed E-state index contributed by atoms with van der Waals surface area (Å²) in [5.74, 6) is 0.391. The zero-order valence-electron chi connectivity index (χ0n) is 11.2. The highest BCUT2D eigenvalue weighted by molar-refractivity contribution is 5.65. The third-order valence-corrected chi connectivity index (χ3v) is 3.80. The van der Waals surface area contributed by atoms with Crippen LogP contribution in [0.5, 0.6) is 0 Å². The maximum absolute atomic E-state index is 11.0. The summed E-state index contributed by atoms with van der Waals surface area (Å²) in [7, 11) is 1.74. The van der Waals surface area contributed by atoms with Crippen molar-refractivity contribution in [3.05, 3.63) is 28.3 Å². The van der Waals surface area contributed by atoms with Crippen molar-refractivity contribution >= 4 is 17.1 Å². The van der Waals surface area contributed by atoms with E-state index in [1.54, 1.807) is 13.1 Å². The first-order valence-corrected chi connectivity index (χ1v) is 6.41. The van der Waals surface area contributed by atoms with Gasteiger partial charge in [-0.15, -0.1) is 0 Å². The molecule has 1 aromatic rings. The molecule has 0 spiro atoms. The lowest BCUT2D eigenvalue weighted by Gasteiger charge is -2.27. The Morgan fingerprint density at radius 2 is 2.26 bits per heavy atom. The van der Waals surface area contributed by atoms with Crippen molar-refractivity contribution in [2.75, 3.05) is 30.4 Å². The van der Waals surface area contributed by atoms with Crippen molar-refractivity contribution in [2.45, 2.75) is 19.4 Å². The third-order valence-electron chi connectivity index (χ3n) is 3.80. The van der Waals surface area contributed by atoms with Crippen molar-refractivity contribution in [2.24, 2.45) is 5.92 Å². The van der Waals surface area contributed by atoms with Gasteiger partial charge in [-0.25, -0.2) is 0 Å². The van der Waals surface area contributed by atoms with Gasteiger partial charge in [0.25, 0.3) is 5.69 Å². The number of nitro benzene ring substituents is 1. The molecule has 6 heteroatoms. The topological polar surface area (TPSA) is 78.6 Å². The Kier molecular flexibility index (Phi) is 3.90. The predicted molar refractivity (Wildman–Crippen MR) is 74.6 cm³/mol. The molecule has 2 rings (SSSR count). The smallest absolute Gasteiger partial charge is 0.273 e. The highest BCUT2D eigenvalue weighted by atomic mass is 16.6. The molecule has 0 radical (unpaired) electrons. The summed E-state index contributed by atoms with van der Waals surface area (Å²) in [6.45, 7) is 2.98. The second kappa shape index (κ2) is 5.44. The average molecular weight is 265 g/mol. The van der Waals surface area contributed by atoms with Crippen LogP contribution in [0.1, 0.15) is 13.3 Å². The average Bonchev–Trinajstić information content (AvgIpc) is 2.79. The van der Waals surface area contributed by atoms with Crippen molar-refractivity contribution in [3.63, 3.8) is 0 Å². The Hall–Kier alpha value is -1.82. The maximum atomic E-state index is 11.0. The van der Waals surface area contributed by atoms with Crippen LogP contribution < -0.4 is 10.2 Å². The molecule has 2 unspecified atom stereocenters. The van der Waals surface area contributed by atoms with Gasteiger partial charge < -0.3 is 15.3 Å². The maximum Gasteiger partial charge on any atom is 0.273 e. The zero-order valence-corrected chi connectivity index (χ0v) is 11.2. The van der Waals surface area contributed by atoms with Crippen LogP contribution in [0, 0.1) is 16.0 Å². The molecule has 0 amide bonds. The van der Waals surface area contributed by atoms with Crippen LogP contribution in [0.25, 0.3) is 0 Å². The summed E-state index contributed by atoms with van der Waals surface area (Å²) in [5.41, 5.74) is 1.57. The minimum absolute atomic E-state index is 0.0340. The van der Waals surface area contributed by atoms with Crippen LogP contribution in [-0.4, -0.2) is 36.3 Å². The molecule has 1 aliphatic rings. The Bertz CT molecular complexity index is 478. The minimum Gasteiger partial charge on any atom is -0.394 e. The summed E-state index contributed by atoms with van der Waals surface area (Å²) in [5, 5.41) is 23.4. The lowest BCUT2D eigenvalue weighted by atomic mass is 10.0. The summed E-state index contributed by atoms with van der Waals surface area (Å²) in [4.78, 5) is 12.6. The van der Waals surface area contributed by atoms with Crippen molar-refractivity contribution in [1.82, 2.24) is 0 Å². The summed E-state index contributed by atoms with van der Waals surface area (Å²) in [6, 6.07) is 5.00. The fourth-order valence-corrected chi connectivity index (χ4v) is 2.62. The van der Waals surface area contributed by atoms with Crippen LogP contribution in [0.4, 0.5) is 17.1 Å². The van der Waals surface area contributed by atoms with Crippen LogP contribution in [0.2, 0.25) is 0 Å². The fraction of sp³-hybridized carbons (Fsp3) is 0.538. The first-order chi connectivity index (χ1) is 9.06. The van der Waals surface area contributed by atoms with Crippen molar-refractivity contribution < 1.29 is 10.0 Å². The molecule has 2 N–H and O–H groups in total. The first kappa shape index (κ1) is 13.6. The molecular formula is C13H19N3O3. The van der Waals surface area contributed by atoms with Crippen LogP contribution in [0.3, 0.4) is 0 Å². The normalized spacial score (nSPS) is 22.6. The Morgan fingerprint density at radius 1 is 1.53 bits per heavy atom. The minimum atomic E-state index is -0.391. The molecule has 0 bridgehead atoms. The van der Waals surface area contributed by atoms with E-state index in [1.165, 1.54) is 6.07 Å². The monoisotopic (exact) mass is 265 g/mol. The summed E-state index contributed by atoms with van der Waals surface area (Å²) in [6.07, 6.45) is 0.989. The van der Waals surface area contributed by atoms with Gasteiger partial charge in [-0.2, -0.15) is 0 Å². The Balaban J connectivity index is 2.38. The molecule has 0 aromatic heterocycles. The molecule has 2 atom stereocenters. The van der Waals surface area contributed by atoms with Crippen LogP contribution in [0.15, 0.2) is 18.2 Å². The van der Waals surface area contributed by atoms with Gasteiger partial charge in [0.1, 0.15) is 0 Å². The molecule has 6 nitrogen and oxygen atoms in total. The lowest BCUT2D eigenvalue weighted by Crippen LogP contribution is -2.35. The number of benzene rings is 1. The van der Waals surface area contributed by atoms with E-state index in [0.29, 0.717) is 11.6 Å². The van der Waals surface area contributed by atoms with Gasteiger partial charge >= 0.3 is 0 Å². The van der Waals surface area contributed by atoms with Gasteiger partial charge in [0.2, 0.25) is 0 Å². The molecule has 19 heavy (non-hydrogen) atoms. The van der Waals surface area contributed by atoms with E-state index in [4.69, 9.17) is 0 Å². The van der Waals surface area contributed by atoms with E-state index in [1.807, 2.05) is 6.07 Å². The highest BCUT2D eigenvalue weighted by Crippen LogP contribution is 2.33. The molecule has 1 heterocycles. The van der Waals surface area contributed by atoms with Gasteiger partial charge in [-0.1, -0.05) is 6.92 Å². The van der Waals surface area contributed by atoms with Gasteiger partial charge in [0.15, 0.2) is 0 Å². The Morgan fingerprint density at radius 3 is 2.84 bits per heavy atom. The molecule has 0 aliphatic carbocycles. The predicted octanol–water partition coefficient (Wildman–Crippen LogP) is 1.84. The number of hydrogen-bond donors (Lipinski definition) is 2. The second-order valence-electron chi connectivity index (χ2n) is 4.95. The number of non-ortho nitro benzene ring substituents is 1. The van der Waals surface area contributed by atoms with Gasteiger partial charge in [0.05, 0.1) is 17.6 Å². The standard InChI is InChI=1S/C13H19N3O3/c1-9-3-4-15(13(9)8-17)11-5-10(14-2)6-12(7-11)16(18)19/h5-7,9,13-14,17H,3-4,8H2,1-2H3. The molecule has 1 aliphatic heterocycles. The third kappa shape index (κ3) is 2.63. The number of aliphatic hydroxyl groups is 1. The van der Waals surface area contributed by atoms with E-state index in [-0.39, 0.29) is 18.3 Å². The molecular weight excluding hydrogens is 246 g/mol. The fourth-order valence-electron chi connectivity index (χ4n) is 2.62. The molecule has 1 saturated heterocycles. The molecule has 104 valence electrons. The van der Waals surface area contributed by atoms with Gasteiger partial charge in [-0.3, -0.25) is 10.1 Å². The van der Waals surface area contributed by atoms with E-state index in [0.717, 1.165) is 18.7 Å². The lowest BCUT2D eigenvalue weighted by molar-refractivity contribution is -0.384. The Labute approximate surface area is 112 Å². The zero-order chi connectivity index (χ0) is 14.0. The number of hydrogen-bond acceptors (Lipinski definition) is 5. The first-order valence-electron chi connectivity index (χ1n) is 6.41. The SMILES string of the molecule is CNc1cc(N2CCC(C)C2CO)cc([N+](=O)[O-])c1. The highest BCUT2D eigenvalue weighted by Gasteiger charge is 2.31. The quantitative estimate of drug-likeness (QED) is 0.641. The number of nitrogens with one attached hydrogen (secondary N) is 1. The molecule has 1 aromatic carbocycles. The van der Waals surface area contributed by atoms with Crippen molar-refractivity contribution in [1.29, 1.82) is 0 Å². The summed E-state index contributed by atoms with van der Waals surface area (Å²) < 4.78 is 0. The number of rotatable bonds is 4. The van der Waals surface area contributed by atoms with Crippen LogP contribution in [-0.2, 0) is 0 Å². The van der Waals surface area contributed by atoms with Gasteiger partial charge in [0, 0.05) is 37.1 Å². The van der Waals surface area contributed by atoms with Gasteiger partial charge in [-0.05, 0) is 18.4 Å². The number of aliphatic hydroxyl groups excluding tert-OH is 1. The number of anilines is 2. The van der Waals surface area contributed by atoms with E-state index < -0.39 is 4.92 Å². The largest absolute Gasteiger partial charge is 0.394 e. The van der Waals surface area contributed by atoms with E-state index in [2.05, 4.69) is 17.1 Å². The molecule has 1 fully saturated rings. The van der Waals surface area contributed by atoms with E-state index >= 15 is 0 Å². The number of nitro groups is 1. The summed E-state index contributed by atoms with van der Waals surface area (Å²) >= 11 is 0.